The molecule has 5 heteroatoms. The van der Waals surface area contributed by atoms with Crippen LogP contribution in [0.15, 0.2) is 42.6 Å². The van der Waals surface area contributed by atoms with Crippen molar-refractivity contribution in [3.63, 3.8) is 0 Å². The largest absolute Gasteiger partial charge is 0.398 e. The number of hydrogen-bond acceptors (Lipinski definition) is 3. The van der Waals surface area contributed by atoms with Crippen LogP contribution in [0.4, 0.5) is 10.1 Å². The molecular weight excluding hydrogens is 245 g/mol. The second-order valence-electron chi connectivity index (χ2n) is 4.19. The highest BCUT2D eigenvalue weighted by Gasteiger charge is 2.14. The Hall–Kier alpha value is -2.43. The number of anilines is 1. The van der Waals surface area contributed by atoms with E-state index in [-0.39, 0.29) is 17.6 Å². The Morgan fingerprint density at radius 1 is 1.32 bits per heavy atom. The first-order chi connectivity index (χ1) is 9.08. The third-order valence-corrected chi connectivity index (χ3v) is 2.77. The van der Waals surface area contributed by atoms with Gasteiger partial charge in [0.25, 0.3) is 5.91 Å². The lowest BCUT2D eigenvalue weighted by molar-refractivity contribution is 0.0935. The van der Waals surface area contributed by atoms with Crippen LogP contribution in [0.1, 0.15) is 29.0 Å². The standard InChI is InChI=1S/C14H14FN3O/c1-9(11-4-2-3-5-12(11)16)18-14(19)13-7-6-10(15)8-17-13/h2-9H,16H2,1H3,(H,18,19). The summed E-state index contributed by atoms with van der Waals surface area (Å²) >= 11 is 0. The van der Waals surface area contributed by atoms with Crippen molar-refractivity contribution in [2.24, 2.45) is 0 Å². The quantitative estimate of drug-likeness (QED) is 0.831. The highest BCUT2D eigenvalue weighted by Crippen LogP contribution is 2.19. The fraction of sp³-hybridized carbons (Fsp3) is 0.143. The molecule has 1 atom stereocenters. The third kappa shape index (κ3) is 3.07. The number of hydrogen-bond donors (Lipinski definition) is 2. The molecule has 1 aromatic heterocycles. The Morgan fingerprint density at radius 2 is 2.05 bits per heavy atom. The minimum atomic E-state index is -0.475. The van der Waals surface area contributed by atoms with Crippen LogP contribution in [0, 0.1) is 5.82 Å². The van der Waals surface area contributed by atoms with Gasteiger partial charge < -0.3 is 11.1 Å². The first kappa shape index (κ1) is 13.0. The number of carbonyl (C=O) groups is 1. The number of benzene rings is 1. The molecule has 0 aliphatic rings. The number of nitrogens with two attached hydrogens (primary N) is 1. The van der Waals surface area contributed by atoms with Crippen molar-refractivity contribution in [2.45, 2.75) is 13.0 Å². The minimum absolute atomic E-state index is 0.169. The van der Waals surface area contributed by atoms with Crippen molar-refractivity contribution in [3.8, 4) is 0 Å². The lowest BCUT2D eigenvalue weighted by atomic mass is 10.1. The SMILES string of the molecule is CC(NC(=O)c1ccc(F)cn1)c1ccccc1N. The lowest BCUT2D eigenvalue weighted by Crippen LogP contribution is -2.27. The smallest absolute Gasteiger partial charge is 0.270 e. The van der Waals surface area contributed by atoms with E-state index in [1.165, 1.54) is 12.1 Å². The van der Waals surface area contributed by atoms with Crippen LogP contribution in [0.25, 0.3) is 0 Å². The first-order valence-corrected chi connectivity index (χ1v) is 5.84. The molecule has 4 nitrogen and oxygen atoms in total. The van der Waals surface area contributed by atoms with Gasteiger partial charge in [-0.2, -0.15) is 0 Å². The zero-order valence-electron chi connectivity index (χ0n) is 10.4. The number of pyridine rings is 1. The number of nitrogens with one attached hydrogen (secondary N) is 1. The lowest BCUT2D eigenvalue weighted by Gasteiger charge is -2.15. The molecule has 1 aromatic carbocycles. The van der Waals surface area contributed by atoms with Crippen LogP contribution >= 0.6 is 0 Å². The predicted molar refractivity (Wildman–Crippen MR) is 70.9 cm³/mol. The number of aromatic nitrogens is 1. The van der Waals surface area contributed by atoms with Gasteiger partial charge in [0.1, 0.15) is 11.5 Å². The van der Waals surface area contributed by atoms with Crippen LogP contribution < -0.4 is 11.1 Å². The molecule has 1 unspecified atom stereocenters. The molecule has 0 radical (unpaired) electrons. The maximum Gasteiger partial charge on any atom is 0.270 e. The second kappa shape index (κ2) is 5.48. The number of halogens is 1. The second-order valence-corrected chi connectivity index (χ2v) is 4.19. The molecule has 2 rings (SSSR count). The first-order valence-electron chi connectivity index (χ1n) is 5.84. The van der Waals surface area contributed by atoms with E-state index in [1.54, 1.807) is 6.07 Å². The molecule has 0 aliphatic carbocycles. The summed E-state index contributed by atoms with van der Waals surface area (Å²) in [6.45, 7) is 1.83. The maximum atomic E-state index is 12.7. The van der Waals surface area contributed by atoms with Crippen LogP contribution in [-0.4, -0.2) is 10.9 Å². The zero-order valence-corrected chi connectivity index (χ0v) is 10.4. The van der Waals surface area contributed by atoms with Gasteiger partial charge in [0.2, 0.25) is 0 Å². The summed E-state index contributed by atoms with van der Waals surface area (Å²) in [7, 11) is 0. The minimum Gasteiger partial charge on any atom is -0.398 e. The summed E-state index contributed by atoms with van der Waals surface area (Å²) < 4.78 is 12.7. The molecule has 19 heavy (non-hydrogen) atoms. The van der Waals surface area contributed by atoms with Crippen molar-refractivity contribution in [1.82, 2.24) is 10.3 Å². The fourth-order valence-corrected chi connectivity index (χ4v) is 1.76. The summed E-state index contributed by atoms with van der Waals surface area (Å²) in [6.07, 6.45) is 1.01. The van der Waals surface area contributed by atoms with E-state index < -0.39 is 5.82 Å². The van der Waals surface area contributed by atoms with Crippen LogP contribution in [0.5, 0.6) is 0 Å². The van der Waals surface area contributed by atoms with Gasteiger partial charge in [-0.05, 0) is 30.7 Å². The van der Waals surface area contributed by atoms with Crippen molar-refractivity contribution in [1.29, 1.82) is 0 Å². The average molecular weight is 259 g/mol. The van der Waals surface area contributed by atoms with E-state index in [1.807, 2.05) is 25.1 Å². The molecule has 3 N–H and O–H groups in total. The Labute approximate surface area is 110 Å². The Kier molecular flexibility index (Phi) is 3.75. The molecule has 1 amide bonds. The third-order valence-electron chi connectivity index (χ3n) is 2.77. The Balaban J connectivity index is 2.11. The van der Waals surface area contributed by atoms with E-state index in [0.29, 0.717) is 5.69 Å². The summed E-state index contributed by atoms with van der Waals surface area (Å²) in [4.78, 5) is 15.6. The zero-order chi connectivity index (χ0) is 13.8. The number of nitrogens with zero attached hydrogens (tertiary/aromatic N) is 1. The molecule has 0 aliphatic heterocycles. The van der Waals surface area contributed by atoms with Gasteiger partial charge in [-0.3, -0.25) is 4.79 Å². The van der Waals surface area contributed by atoms with Crippen molar-refractivity contribution in [3.05, 3.63) is 59.7 Å². The maximum absolute atomic E-state index is 12.7. The molecular formula is C14H14FN3O. The van der Waals surface area contributed by atoms with Gasteiger partial charge in [-0.1, -0.05) is 18.2 Å². The highest BCUT2D eigenvalue weighted by atomic mass is 19.1. The van der Waals surface area contributed by atoms with Crippen molar-refractivity contribution < 1.29 is 9.18 Å². The number of amides is 1. The van der Waals surface area contributed by atoms with Gasteiger partial charge in [-0.15, -0.1) is 0 Å². The van der Waals surface area contributed by atoms with Crippen LogP contribution in [0.2, 0.25) is 0 Å². The molecule has 2 aromatic rings. The fourth-order valence-electron chi connectivity index (χ4n) is 1.76. The van der Waals surface area contributed by atoms with Crippen LogP contribution in [-0.2, 0) is 0 Å². The summed E-state index contributed by atoms with van der Waals surface area (Å²) in [6, 6.07) is 9.58. The molecule has 1 heterocycles. The van der Waals surface area contributed by atoms with Crippen molar-refractivity contribution >= 4 is 11.6 Å². The molecule has 0 fully saturated rings. The number of para-hydroxylation sites is 1. The summed E-state index contributed by atoms with van der Waals surface area (Å²) in [5.41, 5.74) is 7.45. The van der Waals surface area contributed by atoms with Gasteiger partial charge in [0.05, 0.1) is 12.2 Å². The van der Waals surface area contributed by atoms with E-state index in [9.17, 15) is 9.18 Å². The van der Waals surface area contributed by atoms with Gasteiger partial charge in [-0.25, -0.2) is 9.37 Å². The Morgan fingerprint density at radius 3 is 2.68 bits per heavy atom. The predicted octanol–water partition coefficient (Wildman–Crippen LogP) is 2.29. The van der Waals surface area contributed by atoms with Gasteiger partial charge >= 0.3 is 0 Å². The molecule has 98 valence electrons. The monoisotopic (exact) mass is 259 g/mol. The normalized spacial score (nSPS) is 11.9. The van der Waals surface area contributed by atoms with E-state index in [2.05, 4.69) is 10.3 Å². The summed E-state index contributed by atoms with van der Waals surface area (Å²) in [5, 5.41) is 2.77. The van der Waals surface area contributed by atoms with E-state index in [0.717, 1.165) is 11.8 Å². The molecule has 0 bridgehead atoms. The van der Waals surface area contributed by atoms with Gasteiger partial charge in [0.15, 0.2) is 0 Å². The Bertz CT molecular complexity index is 583. The number of nitrogen functional groups attached to an aromatic ring is 1. The molecule has 0 spiro atoms. The van der Waals surface area contributed by atoms with Crippen LogP contribution in [0.3, 0.4) is 0 Å². The van der Waals surface area contributed by atoms with Gasteiger partial charge in [0, 0.05) is 5.69 Å². The number of rotatable bonds is 3. The topological polar surface area (TPSA) is 68.0 Å². The highest BCUT2D eigenvalue weighted by molar-refractivity contribution is 5.92. The average Bonchev–Trinajstić information content (AvgIpc) is 2.39. The number of carbonyl (C=O) groups excluding carboxylic acids is 1. The van der Waals surface area contributed by atoms with E-state index in [4.69, 9.17) is 5.73 Å². The molecule has 0 saturated carbocycles. The molecule has 0 saturated heterocycles. The van der Waals surface area contributed by atoms with E-state index >= 15 is 0 Å². The summed E-state index contributed by atoms with van der Waals surface area (Å²) in [5.74, 6) is -0.840. The van der Waals surface area contributed by atoms with Crippen molar-refractivity contribution in [2.75, 3.05) is 5.73 Å².